The lowest BCUT2D eigenvalue weighted by Gasteiger charge is -2.37. The predicted octanol–water partition coefficient (Wildman–Crippen LogP) is 8.41. The second-order valence-electron chi connectivity index (χ2n) is 9.85. The van der Waals surface area contributed by atoms with E-state index in [1.54, 1.807) is 0 Å². The molecule has 166 valence electrons. The quantitative estimate of drug-likeness (QED) is 0.268. The van der Waals surface area contributed by atoms with Gasteiger partial charge in [0, 0.05) is 0 Å². The van der Waals surface area contributed by atoms with Crippen LogP contribution in [0.3, 0.4) is 0 Å². The Morgan fingerprint density at radius 1 is 0.485 bits per heavy atom. The van der Waals surface area contributed by atoms with E-state index in [1.165, 1.54) is 66.8 Å². The van der Waals surface area contributed by atoms with Crippen molar-refractivity contribution in [3.05, 3.63) is 128 Å². The first kappa shape index (κ1) is 21.7. The number of aryl methyl sites for hydroxylation is 6. The summed E-state index contributed by atoms with van der Waals surface area (Å²) in [6.07, 6.45) is 2.12. The summed E-state index contributed by atoms with van der Waals surface area (Å²) in [5, 5.41) is 0. The third-order valence-corrected chi connectivity index (χ3v) is 7.65. The van der Waals surface area contributed by atoms with Crippen LogP contribution < -0.4 is 0 Å². The van der Waals surface area contributed by atoms with E-state index in [0.717, 1.165) is 12.8 Å². The van der Waals surface area contributed by atoms with E-state index in [4.69, 9.17) is 0 Å². The van der Waals surface area contributed by atoms with E-state index in [-0.39, 0.29) is 5.41 Å². The van der Waals surface area contributed by atoms with Gasteiger partial charge in [-0.15, -0.1) is 0 Å². The fourth-order valence-corrected chi connectivity index (χ4v) is 6.01. The maximum Gasteiger partial charge on any atom is 0.0718 e. The average molecular weight is 431 g/mol. The lowest BCUT2D eigenvalue weighted by atomic mass is 9.65. The molecule has 0 unspecified atom stereocenters. The molecule has 0 aromatic heterocycles. The van der Waals surface area contributed by atoms with Crippen LogP contribution in [-0.4, -0.2) is 0 Å². The molecule has 0 nitrogen and oxygen atoms in total. The fourth-order valence-electron chi connectivity index (χ4n) is 6.01. The second-order valence-corrected chi connectivity index (χ2v) is 9.85. The standard InChI is InChI=1S/C33H34/c1-7-25-11-15-29(23(5)19-25)33(30-16-12-26(8-2)20-24(30)6)31-17-21(3)9-13-27(31)28-14-10-22(4)18-32(28)33/h9-20H,7-8H2,1-6H3. The molecule has 33 heavy (non-hydrogen) atoms. The fraction of sp³-hybridized carbons (Fsp3) is 0.273. The maximum absolute atomic E-state index is 2.44. The van der Waals surface area contributed by atoms with Gasteiger partial charge in [0.2, 0.25) is 0 Å². The Morgan fingerprint density at radius 2 is 0.909 bits per heavy atom. The van der Waals surface area contributed by atoms with Gasteiger partial charge in [0.25, 0.3) is 0 Å². The molecule has 0 saturated carbocycles. The van der Waals surface area contributed by atoms with Crippen LogP contribution in [0.2, 0.25) is 0 Å². The van der Waals surface area contributed by atoms with Crippen LogP contribution in [0.25, 0.3) is 11.1 Å². The molecule has 0 bridgehead atoms. The lowest BCUT2D eigenvalue weighted by molar-refractivity contribution is 0.750. The van der Waals surface area contributed by atoms with Crippen molar-refractivity contribution in [1.82, 2.24) is 0 Å². The van der Waals surface area contributed by atoms with Crippen molar-refractivity contribution in [3.63, 3.8) is 0 Å². The molecule has 0 radical (unpaired) electrons. The van der Waals surface area contributed by atoms with Gasteiger partial charge < -0.3 is 0 Å². The topological polar surface area (TPSA) is 0 Å². The molecule has 0 heteroatoms. The summed E-state index contributed by atoms with van der Waals surface area (Å²) in [4.78, 5) is 0. The van der Waals surface area contributed by atoms with Gasteiger partial charge in [-0.25, -0.2) is 0 Å². The lowest BCUT2D eigenvalue weighted by Crippen LogP contribution is -2.31. The number of hydrogen-bond donors (Lipinski definition) is 0. The Morgan fingerprint density at radius 3 is 1.27 bits per heavy atom. The van der Waals surface area contributed by atoms with Crippen molar-refractivity contribution in [2.75, 3.05) is 0 Å². The number of fused-ring (bicyclic) bond motifs is 3. The van der Waals surface area contributed by atoms with Crippen molar-refractivity contribution in [1.29, 1.82) is 0 Å². The second kappa shape index (κ2) is 8.03. The summed E-state index contributed by atoms with van der Waals surface area (Å²) in [6.45, 7) is 13.5. The highest BCUT2D eigenvalue weighted by molar-refractivity contribution is 5.87. The number of benzene rings is 4. The largest absolute Gasteiger partial charge is 0.0718 e. The van der Waals surface area contributed by atoms with Gasteiger partial charge in [0.05, 0.1) is 5.41 Å². The third kappa shape index (κ3) is 3.19. The molecular formula is C33H34. The zero-order valence-electron chi connectivity index (χ0n) is 20.8. The van der Waals surface area contributed by atoms with E-state index in [0.29, 0.717) is 0 Å². The predicted molar refractivity (Wildman–Crippen MR) is 141 cm³/mol. The van der Waals surface area contributed by atoms with Crippen LogP contribution >= 0.6 is 0 Å². The van der Waals surface area contributed by atoms with Crippen molar-refractivity contribution < 1.29 is 0 Å². The molecule has 4 aromatic carbocycles. The summed E-state index contributed by atoms with van der Waals surface area (Å²) in [6, 6.07) is 28.4. The van der Waals surface area contributed by atoms with Gasteiger partial charge in [-0.2, -0.15) is 0 Å². The summed E-state index contributed by atoms with van der Waals surface area (Å²) >= 11 is 0. The van der Waals surface area contributed by atoms with E-state index in [2.05, 4.69) is 114 Å². The van der Waals surface area contributed by atoms with Crippen LogP contribution in [0, 0.1) is 27.7 Å². The minimum Gasteiger partial charge on any atom is -0.0613 e. The van der Waals surface area contributed by atoms with Crippen LogP contribution in [0.4, 0.5) is 0 Å². The van der Waals surface area contributed by atoms with Crippen molar-refractivity contribution >= 4 is 0 Å². The molecule has 0 N–H and O–H groups in total. The minimum atomic E-state index is -0.310. The van der Waals surface area contributed by atoms with Crippen molar-refractivity contribution in [2.24, 2.45) is 0 Å². The van der Waals surface area contributed by atoms with Gasteiger partial charge in [-0.05, 0) is 96.2 Å². The van der Waals surface area contributed by atoms with Crippen molar-refractivity contribution in [3.8, 4) is 11.1 Å². The van der Waals surface area contributed by atoms with Gasteiger partial charge in [0.15, 0.2) is 0 Å². The Labute approximate surface area is 199 Å². The van der Waals surface area contributed by atoms with Crippen LogP contribution in [-0.2, 0) is 18.3 Å². The molecular weight excluding hydrogens is 396 g/mol. The normalized spacial score (nSPS) is 13.6. The van der Waals surface area contributed by atoms with Crippen LogP contribution in [0.5, 0.6) is 0 Å². The zero-order valence-corrected chi connectivity index (χ0v) is 20.8. The van der Waals surface area contributed by atoms with Gasteiger partial charge in [0.1, 0.15) is 0 Å². The highest BCUT2D eigenvalue weighted by atomic mass is 14.5. The van der Waals surface area contributed by atoms with Gasteiger partial charge in [-0.3, -0.25) is 0 Å². The Hall–Kier alpha value is -3.12. The maximum atomic E-state index is 2.44. The van der Waals surface area contributed by atoms with E-state index in [1.807, 2.05) is 0 Å². The monoisotopic (exact) mass is 430 g/mol. The molecule has 5 rings (SSSR count). The molecule has 0 amide bonds. The summed E-state index contributed by atoms with van der Waals surface area (Å²) in [5.41, 5.74) is 16.2. The Balaban J connectivity index is 1.99. The van der Waals surface area contributed by atoms with Crippen LogP contribution in [0.15, 0.2) is 72.8 Å². The SMILES string of the molecule is CCc1ccc(C2(c3ccc(CC)cc3C)c3cc(C)ccc3-c3ccc(C)cc32)c(C)c1. The van der Waals surface area contributed by atoms with Crippen LogP contribution in [0.1, 0.15) is 69.5 Å². The van der Waals surface area contributed by atoms with Gasteiger partial charge in [-0.1, -0.05) is 97.8 Å². The Kier molecular flexibility index (Phi) is 5.28. The average Bonchev–Trinajstić information content (AvgIpc) is 3.08. The van der Waals surface area contributed by atoms with Crippen molar-refractivity contribution in [2.45, 2.75) is 59.8 Å². The van der Waals surface area contributed by atoms with E-state index < -0.39 is 0 Å². The Bertz CT molecular complexity index is 1260. The highest BCUT2D eigenvalue weighted by Gasteiger charge is 2.47. The number of rotatable bonds is 4. The summed E-state index contributed by atoms with van der Waals surface area (Å²) in [7, 11) is 0. The molecule has 1 aliphatic rings. The molecule has 0 fully saturated rings. The molecule has 0 spiro atoms. The molecule has 4 aromatic rings. The summed E-state index contributed by atoms with van der Waals surface area (Å²) in [5.74, 6) is 0. The minimum absolute atomic E-state index is 0.310. The smallest absolute Gasteiger partial charge is 0.0613 e. The molecule has 0 atom stereocenters. The van der Waals surface area contributed by atoms with E-state index in [9.17, 15) is 0 Å². The first-order valence-corrected chi connectivity index (χ1v) is 12.3. The molecule has 0 heterocycles. The zero-order chi connectivity index (χ0) is 23.3. The van der Waals surface area contributed by atoms with E-state index >= 15 is 0 Å². The molecule has 0 saturated heterocycles. The first-order chi connectivity index (χ1) is 15.9. The summed E-state index contributed by atoms with van der Waals surface area (Å²) < 4.78 is 0. The van der Waals surface area contributed by atoms with Gasteiger partial charge >= 0.3 is 0 Å². The molecule has 0 aliphatic heterocycles. The number of hydrogen-bond acceptors (Lipinski definition) is 0. The highest BCUT2D eigenvalue weighted by Crippen LogP contribution is 2.57. The first-order valence-electron chi connectivity index (χ1n) is 12.3. The third-order valence-electron chi connectivity index (χ3n) is 7.65. The molecule has 1 aliphatic carbocycles.